The highest BCUT2D eigenvalue weighted by Gasteiger charge is 2.37. The molecule has 0 saturated heterocycles. The van der Waals surface area contributed by atoms with Crippen LogP contribution >= 0.6 is 0 Å². The van der Waals surface area contributed by atoms with E-state index in [2.05, 4.69) is 31.3 Å². The Balaban J connectivity index is 2.22. The van der Waals surface area contributed by atoms with Gasteiger partial charge in [0.25, 0.3) is 0 Å². The highest BCUT2D eigenvalue weighted by atomic mass is 16.5. The lowest BCUT2D eigenvalue weighted by atomic mass is 9.89. The van der Waals surface area contributed by atoms with Gasteiger partial charge in [0.2, 0.25) is 0 Å². The molecule has 0 amide bonds. The van der Waals surface area contributed by atoms with Crippen molar-refractivity contribution in [2.75, 3.05) is 19.8 Å². The maximum atomic E-state index is 6.13. The Bertz CT molecular complexity index is 394. The highest BCUT2D eigenvalue weighted by Crippen LogP contribution is 2.39. The minimum atomic E-state index is -0.239. The normalized spacial score (nSPS) is 26.5. The summed E-state index contributed by atoms with van der Waals surface area (Å²) in [6.45, 7) is 8.61. The Labute approximate surface area is 109 Å². The molecule has 0 bridgehead atoms. The van der Waals surface area contributed by atoms with Gasteiger partial charge in [-0.05, 0) is 26.5 Å². The first-order chi connectivity index (χ1) is 8.68. The van der Waals surface area contributed by atoms with E-state index in [4.69, 9.17) is 9.47 Å². The van der Waals surface area contributed by atoms with E-state index >= 15 is 0 Å². The van der Waals surface area contributed by atoms with Gasteiger partial charge in [-0.15, -0.1) is 0 Å². The first-order valence-corrected chi connectivity index (χ1v) is 6.77. The second-order valence-corrected chi connectivity index (χ2v) is 5.04. The monoisotopic (exact) mass is 249 g/mol. The maximum absolute atomic E-state index is 6.13. The molecule has 2 unspecified atom stereocenters. The molecule has 100 valence electrons. The summed E-state index contributed by atoms with van der Waals surface area (Å²) in [5.74, 6) is 0.983. The van der Waals surface area contributed by atoms with E-state index in [1.165, 1.54) is 5.56 Å². The fourth-order valence-corrected chi connectivity index (χ4v) is 2.55. The molecule has 2 rings (SSSR count). The number of hydrogen-bond donors (Lipinski definition) is 1. The molecule has 1 aromatic rings. The van der Waals surface area contributed by atoms with Gasteiger partial charge < -0.3 is 14.8 Å². The van der Waals surface area contributed by atoms with Gasteiger partial charge in [-0.25, -0.2) is 0 Å². The molecule has 0 aromatic heterocycles. The quantitative estimate of drug-likeness (QED) is 0.870. The summed E-state index contributed by atoms with van der Waals surface area (Å²) in [6, 6.07) is 8.63. The van der Waals surface area contributed by atoms with Gasteiger partial charge in [-0.3, -0.25) is 0 Å². The number of fused-ring (bicyclic) bond motifs is 1. The molecule has 0 spiro atoms. The van der Waals surface area contributed by atoms with Crippen molar-refractivity contribution in [3.8, 4) is 5.75 Å². The van der Waals surface area contributed by atoms with E-state index in [0.717, 1.165) is 25.3 Å². The number of hydrogen-bond acceptors (Lipinski definition) is 3. The van der Waals surface area contributed by atoms with Crippen LogP contribution in [0.3, 0.4) is 0 Å². The third-order valence-corrected chi connectivity index (χ3v) is 3.35. The van der Waals surface area contributed by atoms with Crippen molar-refractivity contribution in [1.29, 1.82) is 0 Å². The molecule has 1 N–H and O–H groups in total. The first kappa shape index (κ1) is 13.4. The largest absolute Gasteiger partial charge is 0.485 e. The van der Waals surface area contributed by atoms with Crippen molar-refractivity contribution in [3.63, 3.8) is 0 Å². The summed E-state index contributed by atoms with van der Waals surface area (Å²) in [5.41, 5.74) is 1.02. The van der Waals surface area contributed by atoms with Crippen LogP contribution < -0.4 is 10.1 Å². The van der Waals surface area contributed by atoms with E-state index in [1.54, 1.807) is 0 Å². The average Bonchev–Trinajstić information content (AvgIpc) is 2.37. The Kier molecular flexibility index (Phi) is 4.25. The summed E-state index contributed by atoms with van der Waals surface area (Å²) in [5, 5.41) is 3.54. The second kappa shape index (κ2) is 5.72. The van der Waals surface area contributed by atoms with Gasteiger partial charge in [-0.1, -0.05) is 25.1 Å². The second-order valence-electron chi connectivity index (χ2n) is 5.04. The Morgan fingerprint density at radius 3 is 2.89 bits per heavy atom. The van der Waals surface area contributed by atoms with Crippen molar-refractivity contribution < 1.29 is 9.47 Å². The standard InChI is InChI=1S/C15H23NO2/c1-4-16-13-10-15(3,11-17-5-2)18-14-9-7-6-8-12(13)14/h6-9,13,16H,4-5,10-11H2,1-3H3. The number of ether oxygens (including phenoxy) is 2. The first-order valence-electron chi connectivity index (χ1n) is 6.77. The summed E-state index contributed by atoms with van der Waals surface area (Å²) < 4.78 is 11.7. The summed E-state index contributed by atoms with van der Waals surface area (Å²) in [4.78, 5) is 0. The van der Waals surface area contributed by atoms with E-state index in [1.807, 2.05) is 19.1 Å². The van der Waals surface area contributed by atoms with Crippen LogP contribution in [0.15, 0.2) is 24.3 Å². The van der Waals surface area contributed by atoms with Crippen molar-refractivity contribution in [2.45, 2.75) is 38.8 Å². The molecular weight excluding hydrogens is 226 g/mol. The zero-order chi connectivity index (χ0) is 13.0. The van der Waals surface area contributed by atoms with Crippen LogP contribution in [0.5, 0.6) is 5.75 Å². The third-order valence-electron chi connectivity index (χ3n) is 3.35. The van der Waals surface area contributed by atoms with Crippen molar-refractivity contribution in [1.82, 2.24) is 5.32 Å². The number of nitrogens with one attached hydrogen (secondary N) is 1. The average molecular weight is 249 g/mol. The van der Waals surface area contributed by atoms with Crippen molar-refractivity contribution in [2.24, 2.45) is 0 Å². The van der Waals surface area contributed by atoms with Crippen molar-refractivity contribution in [3.05, 3.63) is 29.8 Å². The van der Waals surface area contributed by atoms with Gasteiger partial charge in [0.15, 0.2) is 0 Å². The third kappa shape index (κ3) is 2.85. The minimum absolute atomic E-state index is 0.239. The lowest BCUT2D eigenvalue weighted by Gasteiger charge is -2.40. The Hall–Kier alpha value is -1.06. The molecule has 1 aliphatic rings. The van der Waals surface area contributed by atoms with Crippen LogP contribution in [0.4, 0.5) is 0 Å². The van der Waals surface area contributed by atoms with Crippen LogP contribution in [0.25, 0.3) is 0 Å². The molecule has 2 atom stereocenters. The minimum Gasteiger partial charge on any atom is -0.485 e. The van der Waals surface area contributed by atoms with E-state index in [-0.39, 0.29) is 5.60 Å². The van der Waals surface area contributed by atoms with Gasteiger partial charge in [0.05, 0.1) is 6.61 Å². The lowest BCUT2D eigenvalue weighted by Crippen LogP contribution is -2.45. The topological polar surface area (TPSA) is 30.5 Å². The highest BCUT2D eigenvalue weighted by molar-refractivity contribution is 5.38. The molecule has 0 radical (unpaired) electrons. The smallest absolute Gasteiger partial charge is 0.131 e. The predicted molar refractivity (Wildman–Crippen MR) is 73.0 cm³/mol. The zero-order valence-corrected chi connectivity index (χ0v) is 11.5. The van der Waals surface area contributed by atoms with Gasteiger partial charge in [0, 0.05) is 24.6 Å². The molecule has 0 aliphatic carbocycles. The Morgan fingerprint density at radius 1 is 1.39 bits per heavy atom. The summed E-state index contributed by atoms with van der Waals surface area (Å²) in [7, 11) is 0. The molecule has 0 saturated carbocycles. The maximum Gasteiger partial charge on any atom is 0.131 e. The van der Waals surface area contributed by atoms with Crippen LogP contribution in [0, 0.1) is 0 Å². The van der Waals surface area contributed by atoms with Crippen LogP contribution in [0.2, 0.25) is 0 Å². The molecular formula is C15H23NO2. The summed E-state index contributed by atoms with van der Waals surface area (Å²) in [6.07, 6.45) is 0.942. The number of benzene rings is 1. The fraction of sp³-hybridized carbons (Fsp3) is 0.600. The molecule has 0 fully saturated rings. The molecule has 1 heterocycles. The van der Waals surface area contributed by atoms with Crippen LogP contribution in [-0.4, -0.2) is 25.4 Å². The van der Waals surface area contributed by atoms with E-state index < -0.39 is 0 Å². The Morgan fingerprint density at radius 2 is 2.17 bits per heavy atom. The predicted octanol–water partition coefficient (Wildman–Crippen LogP) is 2.91. The number of rotatable bonds is 5. The van der Waals surface area contributed by atoms with Crippen LogP contribution in [-0.2, 0) is 4.74 Å². The summed E-state index contributed by atoms with van der Waals surface area (Å²) >= 11 is 0. The molecule has 3 heteroatoms. The lowest BCUT2D eigenvalue weighted by molar-refractivity contribution is -0.0330. The molecule has 18 heavy (non-hydrogen) atoms. The number of para-hydroxylation sites is 1. The van der Waals surface area contributed by atoms with Crippen molar-refractivity contribution >= 4 is 0 Å². The zero-order valence-electron chi connectivity index (χ0n) is 11.5. The fourth-order valence-electron chi connectivity index (χ4n) is 2.55. The molecule has 3 nitrogen and oxygen atoms in total. The SMILES string of the molecule is CCNC1CC(C)(COCC)Oc2ccccc21. The molecule has 1 aliphatic heterocycles. The van der Waals surface area contributed by atoms with Gasteiger partial charge in [-0.2, -0.15) is 0 Å². The van der Waals surface area contributed by atoms with Gasteiger partial charge >= 0.3 is 0 Å². The van der Waals surface area contributed by atoms with E-state index in [0.29, 0.717) is 12.6 Å². The van der Waals surface area contributed by atoms with Crippen LogP contribution in [0.1, 0.15) is 38.8 Å². The molecule has 1 aromatic carbocycles. The van der Waals surface area contributed by atoms with E-state index in [9.17, 15) is 0 Å². The van der Waals surface area contributed by atoms with Gasteiger partial charge in [0.1, 0.15) is 11.4 Å².